The van der Waals surface area contributed by atoms with Crippen LogP contribution in [0.15, 0.2) is 94.3 Å². The lowest BCUT2D eigenvalue weighted by molar-refractivity contribution is -0.137. The molecule has 4 rings (SSSR count). The zero-order chi connectivity index (χ0) is 25.7. The maximum absolute atomic E-state index is 13.1. The molecule has 0 aliphatic carbocycles. The molecule has 1 atom stereocenters. The Balaban J connectivity index is 1.56. The predicted octanol–water partition coefficient (Wildman–Crippen LogP) is 5.76. The highest BCUT2D eigenvalue weighted by Gasteiger charge is 2.27. The average Bonchev–Trinajstić information content (AvgIpc) is 2.84. The van der Waals surface area contributed by atoms with Gasteiger partial charge in [-0.15, -0.1) is 0 Å². The van der Waals surface area contributed by atoms with Crippen molar-refractivity contribution < 1.29 is 28.2 Å². The fourth-order valence-corrected chi connectivity index (χ4v) is 3.36. The number of benzene rings is 3. The number of ether oxygens (including phenoxy) is 3. The van der Waals surface area contributed by atoms with Gasteiger partial charge in [0.05, 0.1) is 5.39 Å². The van der Waals surface area contributed by atoms with Crippen molar-refractivity contribution in [2.75, 3.05) is 0 Å². The van der Waals surface area contributed by atoms with Gasteiger partial charge in [0.25, 0.3) is 0 Å². The maximum atomic E-state index is 13.1. The van der Waals surface area contributed by atoms with Crippen LogP contribution in [0.1, 0.15) is 32.4 Å². The number of para-hydroxylation sites is 1. The second-order valence-corrected chi connectivity index (χ2v) is 8.91. The summed E-state index contributed by atoms with van der Waals surface area (Å²) in [6.45, 7) is 5.17. The number of fused-ring (bicyclic) bond motifs is 1. The third-order valence-corrected chi connectivity index (χ3v) is 4.93. The first kappa shape index (κ1) is 24.5. The van der Waals surface area contributed by atoms with E-state index in [9.17, 15) is 14.4 Å². The van der Waals surface area contributed by atoms with Crippen LogP contribution in [0.4, 0.5) is 4.79 Å². The summed E-state index contributed by atoms with van der Waals surface area (Å²) >= 11 is 0. The lowest BCUT2D eigenvalue weighted by Crippen LogP contribution is -2.39. The van der Waals surface area contributed by atoms with Crippen LogP contribution in [-0.4, -0.2) is 17.7 Å². The molecule has 0 spiro atoms. The SMILES string of the molecule is CC(C)(C)OC(=O)N[C@@H](C(=O)Oc1ccc2c(=O)c(Oc3ccccc3)coc2c1)c1ccccc1. The van der Waals surface area contributed by atoms with Gasteiger partial charge < -0.3 is 23.9 Å². The van der Waals surface area contributed by atoms with Gasteiger partial charge in [-0.1, -0.05) is 48.5 Å². The average molecular weight is 488 g/mol. The van der Waals surface area contributed by atoms with Crippen LogP contribution in [0.3, 0.4) is 0 Å². The Morgan fingerprint density at radius 2 is 1.56 bits per heavy atom. The summed E-state index contributed by atoms with van der Waals surface area (Å²) < 4.78 is 22.0. The molecule has 0 aliphatic heterocycles. The van der Waals surface area contributed by atoms with E-state index in [0.29, 0.717) is 11.3 Å². The van der Waals surface area contributed by atoms with Crippen LogP contribution < -0.4 is 20.2 Å². The molecule has 36 heavy (non-hydrogen) atoms. The van der Waals surface area contributed by atoms with Crippen molar-refractivity contribution in [1.82, 2.24) is 5.32 Å². The Labute approximate surface area is 207 Å². The molecular weight excluding hydrogens is 462 g/mol. The molecule has 0 aliphatic rings. The molecule has 0 fully saturated rings. The van der Waals surface area contributed by atoms with Gasteiger partial charge in [-0.3, -0.25) is 4.79 Å². The fourth-order valence-electron chi connectivity index (χ4n) is 3.36. The van der Waals surface area contributed by atoms with Crippen LogP contribution in [0.5, 0.6) is 17.2 Å². The van der Waals surface area contributed by atoms with Crippen molar-refractivity contribution in [2.45, 2.75) is 32.4 Å². The predicted molar refractivity (Wildman–Crippen MR) is 133 cm³/mol. The second-order valence-electron chi connectivity index (χ2n) is 8.91. The van der Waals surface area contributed by atoms with E-state index >= 15 is 0 Å². The van der Waals surface area contributed by atoms with Crippen molar-refractivity contribution in [2.24, 2.45) is 0 Å². The number of alkyl carbamates (subject to hydrolysis) is 1. The molecule has 1 N–H and O–H groups in total. The molecule has 0 saturated carbocycles. The van der Waals surface area contributed by atoms with E-state index in [-0.39, 0.29) is 27.9 Å². The van der Waals surface area contributed by atoms with Crippen molar-refractivity contribution in [3.05, 3.63) is 101 Å². The molecular formula is C28H25NO7. The van der Waals surface area contributed by atoms with Gasteiger partial charge in [-0.25, -0.2) is 9.59 Å². The number of hydrogen-bond acceptors (Lipinski definition) is 7. The fraction of sp³-hybridized carbons (Fsp3) is 0.179. The smallest absolute Gasteiger partial charge is 0.408 e. The summed E-state index contributed by atoms with van der Waals surface area (Å²) in [4.78, 5) is 38.3. The van der Waals surface area contributed by atoms with Gasteiger partial charge in [-0.05, 0) is 50.6 Å². The standard InChI is InChI=1S/C28H25NO7/c1-28(2,3)36-27(32)29-24(18-10-6-4-7-11-18)26(31)35-20-14-15-21-22(16-20)33-17-23(25(21)30)34-19-12-8-5-9-13-19/h4-17,24H,1-3H3,(H,29,32)/t24-/m1/s1. The van der Waals surface area contributed by atoms with Crippen LogP contribution in [0.2, 0.25) is 0 Å². The molecule has 1 heterocycles. The topological polar surface area (TPSA) is 104 Å². The van der Waals surface area contributed by atoms with Gasteiger partial charge in [0.15, 0.2) is 6.04 Å². The van der Waals surface area contributed by atoms with Crippen LogP contribution >= 0.6 is 0 Å². The lowest BCUT2D eigenvalue weighted by Gasteiger charge is -2.23. The zero-order valence-electron chi connectivity index (χ0n) is 20.0. The number of hydrogen-bond donors (Lipinski definition) is 1. The first-order chi connectivity index (χ1) is 17.2. The Kier molecular flexibility index (Phi) is 7.05. The molecule has 4 aromatic rings. The third kappa shape index (κ3) is 6.09. The summed E-state index contributed by atoms with van der Waals surface area (Å²) in [6.07, 6.45) is 0.448. The minimum absolute atomic E-state index is 0.0316. The second kappa shape index (κ2) is 10.4. The third-order valence-electron chi connectivity index (χ3n) is 4.93. The monoisotopic (exact) mass is 487 g/mol. The zero-order valence-corrected chi connectivity index (χ0v) is 20.0. The van der Waals surface area contributed by atoms with Crippen molar-refractivity contribution in [3.63, 3.8) is 0 Å². The van der Waals surface area contributed by atoms with Crippen LogP contribution in [0, 0.1) is 0 Å². The summed E-state index contributed by atoms with van der Waals surface area (Å²) in [5, 5.41) is 2.82. The minimum atomic E-state index is -1.12. The summed E-state index contributed by atoms with van der Waals surface area (Å²) in [6, 6.07) is 20.8. The Morgan fingerprint density at radius 1 is 0.889 bits per heavy atom. The number of rotatable bonds is 6. The van der Waals surface area contributed by atoms with Gasteiger partial charge in [0, 0.05) is 6.07 Å². The maximum Gasteiger partial charge on any atom is 0.408 e. The van der Waals surface area contributed by atoms with Gasteiger partial charge in [0.2, 0.25) is 11.2 Å². The first-order valence-corrected chi connectivity index (χ1v) is 11.2. The van der Waals surface area contributed by atoms with E-state index in [1.165, 1.54) is 24.5 Å². The largest absolute Gasteiger partial charge is 0.460 e. The molecule has 0 saturated heterocycles. The molecule has 0 radical (unpaired) electrons. The normalized spacial score (nSPS) is 12.0. The van der Waals surface area contributed by atoms with E-state index in [2.05, 4.69) is 5.32 Å². The van der Waals surface area contributed by atoms with Crippen LogP contribution in [0.25, 0.3) is 11.0 Å². The number of nitrogens with one attached hydrogen (secondary N) is 1. The molecule has 3 aromatic carbocycles. The van der Waals surface area contributed by atoms with E-state index in [4.69, 9.17) is 18.6 Å². The Bertz CT molecular complexity index is 1420. The molecule has 8 nitrogen and oxygen atoms in total. The Hall–Kier alpha value is -4.59. The number of amides is 1. The molecule has 1 aromatic heterocycles. The molecule has 184 valence electrons. The molecule has 1 amide bonds. The molecule has 0 bridgehead atoms. The number of carbonyl (C=O) groups is 2. The lowest BCUT2D eigenvalue weighted by atomic mass is 10.1. The van der Waals surface area contributed by atoms with Crippen LogP contribution in [-0.2, 0) is 9.53 Å². The quantitative estimate of drug-likeness (QED) is 0.272. The van der Waals surface area contributed by atoms with Gasteiger partial charge >= 0.3 is 12.1 Å². The van der Waals surface area contributed by atoms with Gasteiger partial charge in [-0.2, -0.15) is 0 Å². The van der Waals surface area contributed by atoms with E-state index in [1.807, 2.05) is 6.07 Å². The van der Waals surface area contributed by atoms with Crippen molar-refractivity contribution >= 4 is 23.0 Å². The molecule has 8 heteroatoms. The summed E-state index contributed by atoms with van der Waals surface area (Å²) in [5.74, 6) is -0.0691. The summed E-state index contributed by atoms with van der Waals surface area (Å²) in [7, 11) is 0. The van der Waals surface area contributed by atoms with Crippen molar-refractivity contribution in [3.8, 4) is 17.2 Å². The van der Waals surface area contributed by atoms with E-state index in [0.717, 1.165) is 0 Å². The Morgan fingerprint density at radius 3 is 2.22 bits per heavy atom. The van der Waals surface area contributed by atoms with E-state index in [1.54, 1.807) is 75.4 Å². The highest BCUT2D eigenvalue weighted by atomic mass is 16.6. The molecule has 0 unspecified atom stereocenters. The highest BCUT2D eigenvalue weighted by molar-refractivity contribution is 5.86. The van der Waals surface area contributed by atoms with Gasteiger partial charge in [0.1, 0.15) is 28.9 Å². The first-order valence-electron chi connectivity index (χ1n) is 11.2. The highest BCUT2D eigenvalue weighted by Crippen LogP contribution is 2.25. The summed E-state index contributed by atoms with van der Waals surface area (Å²) in [5.41, 5.74) is -0.383. The minimum Gasteiger partial charge on any atom is -0.460 e. The van der Waals surface area contributed by atoms with Crippen molar-refractivity contribution in [1.29, 1.82) is 0 Å². The number of carbonyl (C=O) groups excluding carboxylic acids is 2. The van der Waals surface area contributed by atoms with E-state index < -0.39 is 23.7 Å². The number of esters is 1.